The summed E-state index contributed by atoms with van der Waals surface area (Å²) in [5.74, 6) is 0.566. The lowest BCUT2D eigenvalue weighted by Crippen LogP contribution is -1.85. The van der Waals surface area contributed by atoms with Gasteiger partial charge in [-0.25, -0.2) is 4.98 Å². The molecule has 1 nitrogen and oxygen atoms in total. The molecule has 118 valence electrons. The minimum absolute atomic E-state index is 0.566. The lowest BCUT2D eigenvalue weighted by molar-refractivity contribution is 0.867. The first-order chi connectivity index (χ1) is 11.7. The number of benzene rings is 2. The first-order valence-electron chi connectivity index (χ1n) is 8.27. The Balaban J connectivity index is 1.73. The molecule has 2 heterocycles. The van der Waals surface area contributed by atoms with Crippen molar-refractivity contribution in [1.82, 2.24) is 4.98 Å². The van der Waals surface area contributed by atoms with E-state index in [-0.39, 0.29) is 0 Å². The molecule has 2 aromatic heterocycles. The Labute approximate surface area is 146 Å². The summed E-state index contributed by atoms with van der Waals surface area (Å²) in [7, 11) is 0. The third kappa shape index (κ3) is 2.85. The first-order valence-corrected chi connectivity index (χ1v) is 9.09. The lowest BCUT2D eigenvalue weighted by Gasteiger charge is -2.05. The van der Waals surface area contributed by atoms with E-state index in [2.05, 4.69) is 80.6 Å². The molecule has 2 heteroatoms. The predicted octanol–water partition coefficient (Wildman–Crippen LogP) is 6.75. The molecule has 4 aromatic rings. The first kappa shape index (κ1) is 15.1. The topological polar surface area (TPSA) is 12.9 Å². The largest absolute Gasteiger partial charge is 0.237 e. The number of thiophene rings is 1. The van der Waals surface area contributed by atoms with Crippen LogP contribution >= 0.6 is 11.3 Å². The lowest BCUT2D eigenvalue weighted by atomic mass is 10.0. The van der Waals surface area contributed by atoms with E-state index in [1.54, 1.807) is 11.3 Å². The Kier molecular flexibility index (Phi) is 3.91. The van der Waals surface area contributed by atoms with Gasteiger partial charge in [0.25, 0.3) is 0 Å². The Bertz CT molecular complexity index is 966. The zero-order chi connectivity index (χ0) is 16.5. The van der Waals surface area contributed by atoms with Gasteiger partial charge in [-0.1, -0.05) is 68.4 Å². The van der Waals surface area contributed by atoms with Crippen molar-refractivity contribution in [1.29, 1.82) is 0 Å². The van der Waals surface area contributed by atoms with E-state index in [4.69, 9.17) is 4.98 Å². The highest BCUT2D eigenvalue weighted by molar-refractivity contribution is 7.21. The van der Waals surface area contributed by atoms with E-state index >= 15 is 0 Å². The second-order valence-electron chi connectivity index (χ2n) is 6.34. The molecule has 0 fully saturated rings. The minimum Gasteiger partial charge on any atom is -0.237 e. The molecule has 0 aliphatic carbocycles. The molecule has 0 radical (unpaired) electrons. The van der Waals surface area contributed by atoms with Gasteiger partial charge < -0.3 is 0 Å². The van der Waals surface area contributed by atoms with Crippen LogP contribution in [0.3, 0.4) is 0 Å². The van der Waals surface area contributed by atoms with Crippen LogP contribution in [0.5, 0.6) is 0 Å². The molecule has 0 spiro atoms. The summed E-state index contributed by atoms with van der Waals surface area (Å²) >= 11 is 1.76. The van der Waals surface area contributed by atoms with Crippen LogP contribution in [0.2, 0.25) is 0 Å². The van der Waals surface area contributed by atoms with Gasteiger partial charge in [-0.15, -0.1) is 11.3 Å². The van der Waals surface area contributed by atoms with Crippen LogP contribution in [0.15, 0.2) is 72.8 Å². The van der Waals surface area contributed by atoms with Gasteiger partial charge in [0.05, 0.1) is 5.69 Å². The normalized spacial score (nSPS) is 11.3. The van der Waals surface area contributed by atoms with Crippen molar-refractivity contribution in [2.24, 2.45) is 0 Å². The van der Waals surface area contributed by atoms with Gasteiger partial charge in [0.2, 0.25) is 0 Å². The second kappa shape index (κ2) is 6.21. The molecule has 0 unspecified atom stereocenters. The van der Waals surface area contributed by atoms with Crippen molar-refractivity contribution < 1.29 is 0 Å². The number of pyridine rings is 1. The van der Waals surface area contributed by atoms with Gasteiger partial charge in [0.1, 0.15) is 4.83 Å². The number of aromatic nitrogens is 1. The fourth-order valence-electron chi connectivity index (χ4n) is 2.86. The maximum absolute atomic E-state index is 4.86. The van der Waals surface area contributed by atoms with Gasteiger partial charge in [0, 0.05) is 15.8 Å². The van der Waals surface area contributed by atoms with E-state index in [1.807, 2.05) is 6.07 Å². The van der Waals surface area contributed by atoms with Gasteiger partial charge in [0.15, 0.2) is 0 Å². The van der Waals surface area contributed by atoms with Crippen molar-refractivity contribution in [2.75, 3.05) is 0 Å². The quantitative estimate of drug-likeness (QED) is 0.405. The average Bonchev–Trinajstić information content (AvgIpc) is 3.06. The summed E-state index contributed by atoms with van der Waals surface area (Å²) in [5.41, 5.74) is 4.84. The van der Waals surface area contributed by atoms with E-state index in [0.29, 0.717) is 5.92 Å². The smallest absolute Gasteiger partial charge is 0.124 e. The Hall–Kier alpha value is -2.45. The van der Waals surface area contributed by atoms with Crippen molar-refractivity contribution >= 4 is 21.6 Å². The van der Waals surface area contributed by atoms with E-state index < -0.39 is 0 Å². The number of hydrogen-bond donors (Lipinski definition) is 0. The summed E-state index contributed by atoms with van der Waals surface area (Å²) in [5, 5.41) is 1.21. The van der Waals surface area contributed by atoms with Gasteiger partial charge in [-0.3, -0.25) is 0 Å². The van der Waals surface area contributed by atoms with Crippen LogP contribution in [0.25, 0.3) is 31.9 Å². The van der Waals surface area contributed by atoms with Crippen LogP contribution in [0.1, 0.15) is 25.3 Å². The molecule has 2 aromatic carbocycles. The zero-order valence-electron chi connectivity index (χ0n) is 13.9. The molecule has 0 aliphatic rings. The van der Waals surface area contributed by atoms with Crippen molar-refractivity contribution in [2.45, 2.75) is 19.8 Å². The van der Waals surface area contributed by atoms with Gasteiger partial charge in [-0.2, -0.15) is 0 Å². The van der Waals surface area contributed by atoms with Crippen molar-refractivity contribution in [3.63, 3.8) is 0 Å². The Morgan fingerprint density at radius 2 is 1.54 bits per heavy atom. The summed E-state index contributed by atoms with van der Waals surface area (Å²) in [4.78, 5) is 7.23. The third-order valence-electron chi connectivity index (χ3n) is 4.31. The molecule has 4 rings (SSSR count). The summed E-state index contributed by atoms with van der Waals surface area (Å²) < 4.78 is 0. The molecule has 0 aliphatic heterocycles. The van der Waals surface area contributed by atoms with Crippen LogP contribution in [-0.2, 0) is 0 Å². The fourth-order valence-corrected chi connectivity index (χ4v) is 3.90. The maximum Gasteiger partial charge on any atom is 0.124 e. The maximum atomic E-state index is 4.86. The SMILES string of the molecule is CC(C)c1ccc(-c2cc3ccc(-c4ccccc4)nc3s2)cc1. The van der Waals surface area contributed by atoms with Crippen molar-refractivity contribution in [3.8, 4) is 21.7 Å². The number of hydrogen-bond acceptors (Lipinski definition) is 2. The molecule has 0 saturated heterocycles. The molecule has 24 heavy (non-hydrogen) atoms. The minimum atomic E-state index is 0.566. The highest BCUT2D eigenvalue weighted by Gasteiger charge is 2.08. The summed E-state index contributed by atoms with van der Waals surface area (Å²) in [6.45, 7) is 4.45. The monoisotopic (exact) mass is 329 g/mol. The zero-order valence-corrected chi connectivity index (χ0v) is 14.7. The molecule has 0 atom stereocenters. The average molecular weight is 329 g/mol. The molecular weight excluding hydrogens is 310 g/mol. The number of nitrogens with zero attached hydrogens (tertiary/aromatic N) is 1. The fraction of sp³-hybridized carbons (Fsp3) is 0.136. The summed E-state index contributed by atoms with van der Waals surface area (Å²) in [6, 6.07) is 25.8. The van der Waals surface area contributed by atoms with E-state index in [1.165, 1.54) is 21.4 Å². The molecule has 0 amide bonds. The van der Waals surface area contributed by atoms with Crippen molar-refractivity contribution in [3.05, 3.63) is 78.4 Å². The van der Waals surface area contributed by atoms with Crippen LogP contribution in [0, 0.1) is 0 Å². The van der Waals surface area contributed by atoms with Crippen LogP contribution in [-0.4, -0.2) is 4.98 Å². The highest BCUT2D eigenvalue weighted by atomic mass is 32.1. The van der Waals surface area contributed by atoms with Gasteiger partial charge in [-0.05, 0) is 35.2 Å². The number of rotatable bonds is 3. The van der Waals surface area contributed by atoms with Crippen LogP contribution < -0.4 is 0 Å². The molecule has 0 saturated carbocycles. The Morgan fingerprint density at radius 3 is 2.25 bits per heavy atom. The Morgan fingerprint density at radius 1 is 0.792 bits per heavy atom. The second-order valence-corrected chi connectivity index (χ2v) is 7.37. The third-order valence-corrected chi connectivity index (χ3v) is 5.41. The molecule has 0 bridgehead atoms. The summed E-state index contributed by atoms with van der Waals surface area (Å²) in [6.07, 6.45) is 0. The highest BCUT2D eigenvalue weighted by Crippen LogP contribution is 2.34. The van der Waals surface area contributed by atoms with E-state index in [0.717, 1.165) is 16.1 Å². The van der Waals surface area contributed by atoms with Gasteiger partial charge >= 0.3 is 0 Å². The van der Waals surface area contributed by atoms with E-state index in [9.17, 15) is 0 Å². The standard InChI is InChI=1S/C22H19NS/c1-15(2)16-8-10-18(11-9-16)21-14-19-12-13-20(23-22(19)24-21)17-6-4-3-5-7-17/h3-15H,1-2H3. The van der Waals surface area contributed by atoms with Crippen LogP contribution in [0.4, 0.5) is 0 Å². The molecule has 0 N–H and O–H groups in total. The number of fused-ring (bicyclic) bond motifs is 1. The predicted molar refractivity (Wildman–Crippen MR) is 105 cm³/mol. The molecular formula is C22H19NS.